The summed E-state index contributed by atoms with van der Waals surface area (Å²) in [4.78, 5) is 0. The molecule has 0 saturated carbocycles. The van der Waals surface area contributed by atoms with E-state index < -0.39 is 0 Å². The van der Waals surface area contributed by atoms with Crippen LogP contribution < -0.4 is 0 Å². The van der Waals surface area contributed by atoms with Gasteiger partial charge in [0, 0.05) is 0 Å². The maximum absolute atomic E-state index is 3.97. The van der Waals surface area contributed by atoms with Crippen molar-refractivity contribution in [2.24, 2.45) is 0 Å². The van der Waals surface area contributed by atoms with E-state index >= 15 is 0 Å². The van der Waals surface area contributed by atoms with Gasteiger partial charge in [-0.15, -0.1) is 0 Å². The molecular weight excluding hydrogens is 144 g/mol. The molecule has 0 aliphatic heterocycles. The molecule has 1 aromatic rings. The normalized spacial score (nSPS) is 10.2. The third kappa shape index (κ3) is 2.37. The Labute approximate surface area is 75.6 Å². The Hall–Kier alpha value is -0.780. The van der Waals surface area contributed by atoms with E-state index in [2.05, 4.69) is 39.0 Å². The first-order valence-corrected chi connectivity index (χ1v) is 4.71. The number of hydrogen-bond donors (Lipinski definition) is 0. The van der Waals surface area contributed by atoms with Gasteiger partial charge in [0.05, 0.1) is 0 Å². The molecule has 0 nitrogen and oxygen atoms in total. The molecule has 0 amide bonds. The zero-order valence-electron chi connectivity index (χ0n) is 8.06. The molecule has 0 heterocycles. The highest BCUT2D eigenvalue weighted by Crippen LogP contribution is 2.11. The Kier molecular flexibility index (Phi) is 3.33. The SMILES string of the molecule is [CH2]c1cc(CC)cc(CCC)c1. The average molecular weight is 161 g/mol. The summed E-state index contributed by atoms with van der Waals surface area (Å²) in [5, 5.41) is 0. The zero-order valence-corrected chi connectivity index (χ0v) is 8.06. The van der Waals surface area contributed by atoms with Crippen molar-refractivity contribution in [2.75, 3.05) is 0 Å². The molecule has 0 spiro atoms. The highest BCUT2D eigenvalue weighted by Gasteiger charge is 1.95. The Morgan fingerprint density at radius 1 is 1.08 bits per heavy atom. The average Bonchev–Trinajstić information content (AvgIpc) is 2.04. The van der Waals surface area contributed by atoms with Gasteiger partial charge in [0.15, 0.2) is 0 Å². The largest absolute Gasteiger partial charge is 0.0651 e. The minimum atomic E-state index is 1.11. The summed E-state index contributed by atoms with van der Waals surface area (Å²) in [7, 11) is 0. The second-order valence-corrected chi connectivity index (χ2v) is 3.26. The Balaban J connectivity index is 2.90. The van der Waals surface area contributed by atoms with E-state index in [4.69, 9.17) is 0 Å². The molecule has 0 heteroatoms. The molecule has 12 heavy (non-hydrogen) atoms. The highest BCUT2D eigenvalue weighted by atomic mass is 14.0. The van der Waals surface area contributed by atoms with E-state index in [0.717, 1.165) is 12.0 Å². The molecule has 0 fully saturated rings. The summed E-state index contributed by atoms with van der Waals surface area (Å²) in [6, 6.07) is 6.64. The first-order valence-electron chi connectivity index (χ1n) is 4.71. The van der Waals surface area contributed by atoms with Gasteiger partial charge < -0.3 is 0 Å². The molecular formula is C12H17. The van der Waals surface area contributed by atoms with Gasteiger partial charge in [0.25, 0.3) is 0 Å². The molecule has 0 aliphatic carbocycles. The molecule has 0 atom stereocenters. The predicted octanol–water partition coefficient (Wildman–Crippen LogP) is 3.38. The van der Waals surface area contributed by atoms with E-state index in [9.17, 15) is 0 Å². The maximum atomic E-state index is 3.97. The van der Waals surface area contributed by atoms with Crippen LogP contribution in [-0.4, -0.2) is 0 Å². The van der Waals surface area contributed by atoms with Gasteiger partial charge in [-0.3, -0.25) is 0 Å². The van der Waals surface area contributed by atoms with Gasteiger partial charge in [-0.05, 0) is 36.5 Å². The summed E-state index contributed by atoms with van der Waals surface area (Å²) >= 11 is 0. The fraction of sp³-hybridized carbons (Fsp3) is 0.417. The number of hydrogen-bond acceptors (Lipinski definition) is 0. The number of benzene rings is 1. The second kappa shape index (κ2) is 4.30. The van der Waals surface area contributed by atoms with Crippen molar-refractivity contribution >= 4 is 0 Å². The fourth-order valence-corrected chi connectivity index (χ4v) is 1.48. The van der Waals surface area contributed by atoms with Crippen molar-refractivity contribution in [3.63, 3.8) is 0 Å². The van der Waals surface area contributed by atoms with Crippen LogP contribution in [0.3, 0.4) is 0 Å². The monoisotopic (exact) mass is 161 g/mol. The molecule has 0 unspecified atom stereocenters. The molecule has 0 saturated heterocycles. The summed E-state index contributed by atoms with van der Waals surface area (Å²) < 4.78 is 0. The van der Waals surface area contributed by atoms with Gasteiger partial charge in [-0.1, -0.05) is 38.5 Å². The molecule has 0 aliphatic rings. The van der Waals surface area contributed by atoms with Crippen LogP contribution in [0.5, 0.6) is 0 Å². The molecule has 1 radical (unpaired) electrons. The third-order valence-electron chi connectivity index (χ3n) is 2.06. The van der Waals surface area contributed by atoms with Crippen molar-refractivity contribution in [1.29, 1.82) is 0 Å². The minimum absolute atomic E-state index is 1.11. The lowest BCUT2D eigenvalue weighted by molar-refractivity contribution is 0.916. The first-order chi connectivity index (χ1) is 5.76. The minimum Gasteiger partial charge on any atom is -0.0651 e. The summed E-state index contributed by atoms with van der Waals surface area (Å²) in [6.45, 7) is 8.37. The summed E-state index contributed by atoms with van der Waals surface area (Å²) in [6.07, 6.45) is 3.50. The standard InChI is InChI=1S/C12H17/c1-4-6-12-8-10(3)7-11(5-2)9-12/h7-9H,3-6H2,1-2H3. The van der Waals surface area contributed by atoms with Crippen LogP contribution in [0.1, 0.15) is 37.0 Å². The third-order valence-corrected chi connectivity index (χ3v) is 2.06. The van der Waals surface area contributed by atoms with Crippen LogP contribution in [0.2, 0.25) is 0 Å². The number of rotatable bonds is 3. The van der Waals surface area contributed by atoms with Crippen LogP contribution >= 0.6 is 0 Å². The summed E-state index contributed by atoms with van der Waals surface area (Å²) in [5.74, 6) is 0. The molecule has 0 bridgehead atoms. The van der Waals surface area contributed by atoms with Crippen LogP contribution in [0, 0.1) is 6.92 Å². The molecule has 0 N–H and O–H groups in total. The Morgan fingerprint density at radius 2 is 1.75 bits per heavy atom. The van der Waals surface area contributed by atoms with E-state index in [1.807, 2.05) is 0 Å². The second-order valence-electron chi connectivity index (χ2n) is 3.26. The van der Waals surface area contributed by atoms with Crippen LogP contribution in [0.25, 0.3) is 0 Å². The van der Waals surface area contributed by atoms with Crippen molar-refractivity contribution < 1.29 is 0 Å². The van der Waals surface area contributed by atoms with Gasteiger partial charge in [0.1, 0.15) is 0 Å². The first kappa shape index (κ1) is 9.31. The van der Waals surface area contributed by atoms with Crippen LogP contribution in [0.4, 0.5) is 0 Å². The van der Waals surface area contributed by atoms with Crippen LogP contribution in [0.15, 0.2) is 18.2 Å². The molecule has 1 rings (SSSR count). The predicted molar refractivity (Wildman–Crippen MR) is 54.3 cm³/mol. The maximum Gasteiger partial charge on any atom is -0.0238 e. The van der Waals surface area contributed by atoms with E-state index in [-0.39, 0.29) is 0 Å². The quantitative estimate of drug-likeness (QED) is 0.637. The van der Waals surface area contributed by atoms with Crippen molar-refractivity contribution in [3.05, 3.63) is 41.8 Å². The lowest BCUT2D eigenvalue weighted by Gasteiger charge is -2.04. The fourth-order valence-electron chi connectivity index (χ4n) is 1.48. The number of aryl methyl sites for hydroxylation is 2. The Bertz CT molecular complexity index is 248. The van der Waals surface area contributed by atoms with E-state index in [1.165, 1.54) is 24.0 Å². The van der Waals surface area contributed by atoms with Gasteiger partial charge in [-0.25, -0.2) is 0 Å². The molecule has 0 aromatic heterocycles. The van der Waals surface area contributed by atoms with E-state index in [0.29, 0.717) is 0 Å². The zero-order chi connectivity index (χ0) is 8.97. The Morgan fingerprint density at radius 3 is 2.33 bits per heavy atom. The molecule has 1 aromatic carbocycles. The summed E-state index contributed by atoms with van der Waals surface area (Å²) in [5.41, 5.74) is 3.99. The van der Waals surface area contributed by atoms with E-state index in [1.54, 1.807) is 0 Å². The van der Waals surface area contributed by atoms with Crippen LogP contribution in [-0.2, 0) is 12.8 Å². The lowest BCUT2D eigenvalue weighted by Crippen LogP contribution is -1.89. The topological polar surface area (TPSA) is 0 Å². The van der Waals surface area contributed by atoms with Gasteiger partial charge in [-0.2, -0.15) is 0 Å². The van der Waals surface area contributed by atoms with Gasteiger partial charge >= 0.3 is 0 Å². The van der Waals surface area contributed by atoms with Crippen molar-refractivity contribution in [1.82, 2.24) is 0 Å². The van der Waals surface area contributed by atoms with Crippen molar-refractivity contribution in [2.45, 2.75) is 33.1 Å². The van der Waals surface area contributed by atoms with Gasteiger partial charge in [0.2, 0.25) is 0 Å². The van der Waals surface area contributed by atoms with Crippen molar-refractivity contribution in [3.8, 4) is 0 Å². The smallest absolute Gasteiger partial charge is 0.0238 e. The molecule has 65 valence electrons. The lowest BCUT2D eigenvalue weighted by atomic mass is 10.0. The highest BCUT2D eigenvalue weighted by molar-refractivity contribution is 5.31.